The average molecular weight is 254 g/mol. The molecule has 1 fully saturated rings. The summed E-state index contributed by atoms with van der Waals surface area (Å²) in [6.45, 7) is 4.41. The Morgan fingerprint density at radius 3 is 2.82 bits per heavy atom. The van der Waals surface area contributed by atoms with Crippen LogP contribution in [0.3, 0.4) is 0 Å². The maximum Gasteiger partial charge on any atom is 0.0471 e. The molecule has 1 aliphatic heterocycles. The fourth-order valence-corrected chi connectivity index (χ4v) is 2.67. The van der Waals surface area contributed by atoms with E-state index in [0.29, 0.717) is 18.6 Å². The van der Waals surface area contributed by atoms with Crippen LogP contribution < -0.4 is 0 Å². The minimum absolute atomic E-state index is 0.297. The molecule has 17 heavy (non-hydrogen) atoms. The molecular formula is C14H20ClNO. The van der Waals surface area contributed by atoms with Gasteiger partial charge in [0.2, 0.25) is 0 Å². The third-order valence-corrected chi connectivity index (χ3v) is 4.07. The molecule has 0 aromatic heterocycles. The van der Waals surface area contributed by atoms with Crippen LogP contribution in [0.4, 0.5) is 0 Å². The summed E-state index contributed by atoms with van der Waals surface area (Å²) in [5.41, 5.74) is 1.18. The smallest absolute Gasteiger partial charge is 0.0471 e. The Labute approximate surface area is 108 Å². The van der Waals surface area contributed by atoms with Gasteiger partial charge in [-0.05, 0) is 37.3 Å². The number of piperidine rings is 1. The van der Waals surface area contributed by atoms with Crippen LogP contribution in [0.15, 0.2) is 24.3 Å². The Bertz CT molecular complexity index is 369. The first-order valence-electron chi connectivity index (χ1n) is 6.29. The van der Waals surface area contributed by atoms with Crippen molar-refractivity contribution in [1.29, 1.82) is 0 Å². The molecule has 0 radical (unpaired) electrons. The van der Waals surface area contributed by atoms with E-state index in [9.17, 15) is 5.11 Å². The molecule has 1 aromatic rings. The normalized spacial score (nSPS) is 26.1. The van der Waals surface area contributed by atoms with Gasteiger partial charge < -0.3 is 5.11 Å². The summed E-state index contributed by atoms with van der Waals surface area (Å²) < 4.78 is 0. The lowest BCUT2D eigenvalue weighted by molar-refractivity contribution is 0.0772. The van der Waals surface area contributed by atoms with E-state index in [1.54, 1.807) is 0 Å². The van der Waals surface area contributed by atoms with E-state index in [4.69, 9.17) is 11.6 Å². The van der Waals surface area contributed by atoms with Crippen LogP contribution in [0.25, 0.3) is 0 Å². The van der Waals surface area contributed by atoms with Crippen LogP contribution in [0.1, 0.15) is 25.3 Å². The molecule has 1 N–H and O–H groups in total. The van der Waals surface area contributed by atoms with E-state index >= 15 is 0 Å². The lowest BCUT2D eigenvalue weighted by atomic mass is 9.93. The second-order valence-electron chi connectivity index (χ2n) is 5.00. The summed E-state index contributed by atoms with van der Waals surface area (Å²) in [6.07, 6.45) is 2.30. The standard InChI is InChI=1S/C14H20ClNO/c1-11-6-7-12(10-17)8-16(11)9-13-4-2-3-5-14(13)15/h2-5,11-12,17H,6-10H2,1H3. The first kappa shape index (κ1) is 12.9. The number of rotatable bonds is 3. The quantitative estimate of drug-likeness (QED) is 0.895. The highest BCUT2D eigenvalue weighted by Crippen LogP contribution is 2.25. The molecule has 2 nitrogen and oxygen atoms in total. The number of aliphatic hydroxyl groups excluding tert-OH is 1. The van der Waals surface area contributed by atoms with Gasteiger partial charge in [0.05, 0.1) is 0 Å². The molecule has 1 aliphatic rings. The number of nitrogens with zero attached hydrogens (tertiary/aromatic N) is 1. The Morgan fingerprint density at radius 1 is 1.35 bits per heavy atom. The van der Waals surface area contributed by atoms with Crippen molar-refractivity contribution in [1.82, 2.24) is 4.90 Å². The monoisotopic (exact) mass is 253 g/mol. The van der Waals surface area contributed by atoms with Crippen molar-refractivity contribution in [2.75, 3.05) is 13.2 Å². The lowest BCUT2D eigenvalue weighted by Crippen LogP contribution is -2.42. The summed E-state index contributed by atoms with van der Waals surface area (Å²) in [7, 11) is 0. The molecule has 0 spiro atoms. The molecule has 0 aliphatic carbocycles. The third kappa shape index (κ3) is 3.21. The molecular weight excluding hydrogens is 234 g/mol. The average Bonchev–Trinajstić information content (AvgIpc) is 2.35. The SMILES string of the molecule is CC1CCC(CO)CN1Cc1ccccc1Cl. The van der Waals surface area contributed by atoms with Crippen LogP contribution in [0.5, 0.6) is 0 Å². The van der Waals surface area contributed by atoms with Crippen LogP contribution in [0.2, 0.25) is 5.02 Å². The fraction of sp³-hybridized carbons (Fsp3) is 0.571. The van der Waals surface area contributed by atoms with Crippen LogP contribution in [-0.2, 0) is 6.54 Å². The summed E-state index contributed by atoms with van der Waals surface area (Å²) in [6, 6.07) is 8.59. The number of benzene rings is 1. The molecule has 0 amide bonds. The topological polar surface area (TPSA) is 23.5 Å². The van der Waals surface area contributed by atoms with Crippen molar-refractivity contribution >= 4 is 11.6 Å². The zero-order chi connectivity index (χ0) is 12.3. The van der Waals surface area contributed by atoms with Crippen molar-refractivity contribution in [3.8, 4) is 0 Å². The zero-order valence-corrected chi connectivity index (χ0v) is 11.0. The Kier molecular flexibility index (Phi) is 4.43. The third-order valence-electron chi connectivity index (χ3n) is 3.70. The van der Waals surface area contributed by atoms with Gasteiger partial charge in [0, 0.05) is 30.8 Å². The van der Waals surface area contributed by atoms with E-state index < -0.39 is 0 Å². The highest BCUT2D eigenvalue weighted by Gasteiger charge is 2.25. The second kappa shape index (κ2) is 5.85. The minimum atomic E-state index is 0.297. The van der Waals surface area contributed by atoms with Gasteiger partial charge in [-0.25, -0.2) is 0 Å². The van der Waals surface area contributed by atoms with Crippen LogP contribution in [0, 0.1) is 5.92 Å². The molecule has 2 unspecified atom stereocenters. The van der Waals surface area contributed by atoms with E-state index in [1.165, 1.54) is 5.56 Å². The predicted molar refractivity (Wildman–Crippen MR) is 71.1 cm³/mol. The minimum Gasteiger partial charge on any atom is -0.396 e. The Hall–Kier alpha value is -0.570. The first-order valence-corrected chi connectivity index (χ1v) is 6.67. The molecule has 3 heteroatoms. The van der Waals surface area contributed by atoms with Crippen molar-refractivity contribution in [3.63, 3.8) is 0 Å². The highest BCUT2D eigenvalue weighted by molar-refractivity contribution is 6.31. The Balaban J connectivity index is 2.04. The Morgan fingerprint density at radius 2 is 2.12 bits per heavy atom. The summed E-state index contributed by atoms with van der Waals surface area (Å²) in [4.78, 5) is 2.42. The zero-order valence-electron chi connectivity index (χ0n) is 10.3. The fourth-order valence-electron chi connectivity index (χ4n) is 2.48. The van der Waals surface area contributed by atoms with Crippen molar-refractivity contribution in [3.05, 3.63) is 34.9 Å². The van der Waals surface area contributed by atoms with Gasteiger partial charge in [-0.1, -0.05) is 29.8 Å². The summed E-state index contributed by atoms with van der Waals surface area (Å²) in [5.74, 6) is 0.425. The van der Waals surface area contributed by atoms with Crippen molar-refractivity contribution < 1.29 is 5.11 Å². The maximum atomic E-state index is 9.26. The number of halogens is 1. The number of hydrogen-bond acceptors (Lipinski definition) is 2. The largest absolute Gasteiger partial charge is 0.396 e. The van der Waals surface area contributed by atoms with Gasteiger partial charge in [-0.3, -0.25) is 4.90 Å². The molecule has 1 heterocycles. The molecule has 1 aromatic carbocycles. The molecule has 94 valence electrons. The maximum absolute atomic E-state index is 9.26. The van der Waals surface area contributed by atoms with Gasteiger partial charge in [-0.15, -0.1) is 0 Å². The highest BCUT2D eigenvalue weighted by atomic mass is 35.5. The van der Waals surface area contributed by atoms with E-state index in [-0.39, 0.29) is 0 Å². The number of hydrogen-bond donors (Lipinski definition) is 1. The molecule has 0 saturated carbocycles. The van der Waals surface area contributed by atoms with Crippen molar-refractivity contribution in [2.45, 2.75) is 32.4 Å². The predicted octanol–water partition coefficient (Wildman–Crippen LogP) is 2.93. The van der Waals surface area contributed by atoms with Gasteiger partial charge in [0.25, 0.3) is 0 Å². The number of likely N-dealkylation sites (tertiary alicyclic amines) is 1. The van der Waals surface area contributed by atoms with E-state index in [0.717, 1.165) is 31.0 Å². The second-order valence-corrected chi connectivity index (χ2v) is 5.40. The van der Waals surface area contributed by atoms with Crippen molar-refractivity contribution in [2.24, 2.45) is 5.92 Å². The lowest BCUT2D eigenvalue weighted by Gasteiger charge is -2.37. The van der Waals surface area contributed by atoms with Gasteiger partial charge in [0.15, 0.2) is 0 Å². The van der Waals surface area contributed by atoms with Gasteiger partial charge in [-0.2, -0.15) is 0 Å². The molecule has 2 atom stereocenters. The summed E-state index contributed by atoms with van der Waals surface area (Å²) in [5, 5.41) is 10.1. The number of aliphatic hydroxyl groups is 1. The molecule has 2 rings (SSSR count). The van der Waals surface area contributed by atoms with Gasteiger partial charge in [0.1, 0.15) is 0 Å². The first-order chi connectivity index (χ1) is 8.20. The van der Waals surface area contributed by atoms with Gasteiger partial charge >= 0.3 is 0 Å². The summed E-state index contributed by atoms with van der Waals surface area (Å²) >= 11 is 6.19. The van der Waals surface area contributed by atoms with E-state index in [2.05, 4.69) is 17.9 Å². The molecule has 0 bridgehead atoms. The van der Waals surface area contributed by atoms with Crippen LogP contribution in [-0.4, -0.2) is 29.2 Å². The van der Waals surface area contributed by atoms with Crippen LogP contribution >= 0.6 is 11.6 Å². The molecule has 1 saturated heterocycles. The van der Waals surface area contributed by atoms with E-state index in [1.807, 2.05) is 18.2 Å².